The van der Waals surface area contributed by atoms with Gasteiger partial charge >= 0.3 is 5.95 Å². The van der Waals surface area contributed by atoms with E-state index in [0.717, 1.165) is 10.2 Å². The molecule has 0 bridgehead atoms. The Hall–Kier alpha value is -3.09. The Labute approximate surface area is 155 Å². The topological polar surface area (TPSA) is 139 Å². The lowest BCUT2D eigenvalue weighted by molar-refractivity contribution is -0.394. The number of rotatable bonds is 7. The van der Waals surface area contributed by atoms with Gasteiger partial charge < -0.3 is 15.4 Å². The van der Waals surface area contributed by atoms with Crippen molar-refractivity contribution in [3.8, 4) is 0 Å². The van der Waals surface area contributed by atoms with E-state index in [1.165, 1.54) is 15.7 Å². The number of hydrogen-bond acceptors (Lipinski definition) is 7. The first-order valence-electron chi connectivity index (χ1n) is 7.53. The van der Waals surface area contributed by atoms with Crippen molar-refractivity contribution in [1.29, 1.82) is 0 Å². The molecular formula is C13H14BrN9O3. The summed E-state index contributed by atoms with van der Waals surface area (Å²) in [5.41, 5.74) is 1.08. The van der Waals surface area contributed by atoms with Gasteiger partial charge in [-0.05, 0) is 33.8 Å². The first-order chi connectivity index (χ1) is 12.5. The fourth-order valence-electron chi connectivity index (χ4n) is 2.24. The highest BCUT2D eigenvalue weighted by molar-refractivity contribution is 9.10. The highest BCUT2D eigenvalue weighted by atomic mass is 79.9. The van der Waals surface area contributed by atoms with E-state index >= 15 is 0 Å². The van der Waals surface area contributed by atoms with Crippen molar-refractivity contribution in [2.75, 3.05) is 0 Å². The van der Waals surface area contributed by atoms with Gasteiger partial charge in [0.25, 0.3) is 5.91 Å². The molecular weight excluding hydrogens is 410 g/mol. The molecule has 1 N–H and O–H groups in total. The number of aryl methyl sites for hydroxylation is 1. The van der Waals surface area contributed by atoms with Gasteiger partial charge in [-0.25, -0.2) is 4.68 Å². The number of nitrogens with zero attached hydrogens (tertiary/aromatic N) is 8. The average molecular weight is 424 g/mol. The van der Waals surface area contributed by atoms with Crippen molar-refractivity contribution >= 4 is 27.8 Å². The van der Waals surface area contributed by atoms with Crippen molar-refractivity contribution in [2.45, 2.75) is 26.7 Å². The van der Waals surface area contributed by atoms with Crippen LogP contribution in [0.1, 0.15) is 23.1 Å². The molecule has 0 saturated carbocycles. The van der Waals surface area contributed by atoms with E-state index in [-0.39, 0.29) is 18.3 Å². The number of hydrogen-bond donors (Lipinski definition) is 1. The maximum atomic E-state index is 12.3. The van der Waals surface area contributed by atoms with Gasteiger partial charge in [0.15, 0.2) is 6.67 Å². The van der Waals surface area contributed by atoms with Crippen LogP contribution in [-0.4, -0.2) is 45.2 Å². The Kier molecular flexibility index (Phi) is 5.06. The fraction of sp³-hybridized carbons (Fsp3) is 0.308. The van der Waals surface area contributed by atoms with Gasteiger partial charge in [0.1, 0.15) is 5.69 Å². The summed E-state index contributed by atoms with van der Waals surface area (Å²) in [4.78, 5) is 25.7. The van der Waals surface area contributed by atoms with Crippen molar-refractivity contribution in [2.24, 2.45) is 0 Å². The lowest BCUT2D eigenvalue weighted by atomic mass is 10.3. The molecule has 0 fully saturated rings. The molecule has 26 heavy (non-hydrogen) atoms. The summed E-state index contributed by atoms with van der Waals surface area (Å²) in [5.74, 6) is -0.836. The minimum atomic E-state index is -0.683. The number of carbonyl (C=O) groups is 1. The highest BCUT2D eigenvalue weighted by Gasteiger charge is 2.15. The minimum absolute atomic E-state index is 0.0995. The van der Waals surface area contributed by atoms with Crippen LogP contribution in [0.4, 0.5) is 5.95 Å². The molecule has 0 aromatic carbocycles. The van der Waals surface area contributed by atoms with Gasteiger partial charge in [0.05, 0.1) is 22.9 Å². The minimum Gasteiger partial charge on any atom is -0.390 e. The van der Waals surface area contributed by atoms with E-state index in [0.29, 0.717) is 13.1 Å². The second-order valence-corrected chi connectivity index (χ2v) is 6.01. The second kappa shape index (κ2) is 7.43. The third kappa shape index (κ3) is 3.77. The van der Waals surface area contributed by atoms with Gasteiger partial charge in [0, 0.05) is 17.8 Å². The molecule has 3 aromatic heterocycles. The Morgan fingerprint density at radius 3 is 2.88 bits per heavy atom. The lowest BCUT2D eigenvalue weighted by Gasteiger charge is -2.06. The highest BCUT2D eigenvalue weighted by Crippen LogP contribution is 2.15. The maximum Gasteiger partial charge on any atom is 0.491 e. The lowest BCUT2D eigenvalue weighted by Crippen LogP contribution is -2.25. The van der Waals surface area contributed by atoms with Crippen molar-refractivity contribution in [3.63, 3.8) is 0 Å². The third-order valence-electron chi connectivity index (χ3n) is 3.46. The second-order valence-electron chi connectivity index (χ2n) is 5.16. The Balaban J connectivity index is 1.62. The maximum absolute atomic E-state index is 12.3. The van der Waals surface area contributed by atoms with E-state index < -0.39 is 10.9 Å². The largest absolute Gasteiger partial charge is 0.491 e. The van der Waals surface area contributed by atoms with Crippen LogP contribution in [0.2, 0.25) is 0 Å². The summed E-state index contributed by atoms with van der Waals surface area (Å²) in [6.45, 7) is 3.05. The third-order valence-corrected chi connectivity index (χ3v) is 4.13. The molecule has 0 atom stereocenters. The zero-order valence-electron chi connectivity index (χ0n) is 13.6. The van der Waals surface area contributed by atoms with Crippen molar-refractivity contribution < 1.29 is 9.72 Å². The van der Waals surface area contributed by atoms with Crippen LogP contribution in [0.3, 0.4) is 0 Å². The summed E-state index contributed by atoms with van der Waals surface area (Å²) in [5, 5.41) is 25.4. The quantitative estimate of drug-likeness (QED) is 0.437. The number of halogens is 1. The monoisotopic (exact) mass is 423 g/mol. The molecule has 136 valence electrons. The van der Waals surface area contributed by atoms with Crippen LogP contribution < -0.4 is 5.32 Å². The predicted molar refractivity (Wildman–Crippen MR) is 91.1 cm³/mol. The molecule has 3 rings (SSSR count). The molecule has 12 nitrogen and oxygen atoms in total. The van der Waals surface area contributed by atoms with Crippen LogP contribution in [0.15, 0.2) is 29.3 Å². The standard InChI is InChI=1S/C13H14BrN9O3/c1-2-22-11(9(14)5-17-22)6-15-12(24)10-3-4-20(18-10)8-21-7-16-13(19-21)23(25)26/h3-5,7H,2,6,8H2,1H3,(H,15,24). The Morgan fingerprint density at radius 1 is 1.38 bits per heavy atom. The summed E-state index contributed by atoms with van der Waals surface area (Å²) in [6, 6.07) is 1.55. The molecule has 3 heterocycles. The van der Waals surface area contributed by atoms with Crippen molar-refractivity contribution in [3.05, 3.63) is 50.8 Å². The summed E-state index contributed by atoms with van der Waals surface area (Å²) < 4.78 is 5.28. The molecule has 0 spiro atoms. The van der Waals surface area contributed by atoms with E-state index in [2.05, 4.69) is 41.5 Å². The summed E-state index contributed by atoms with van der Waals surface area (Å²) in [6.07, 6.45) is 4.48. The zero-order valence-corrected chi connectivity index (χ0v) is 15.2. The molecule has 13 heteroatoms. The molecule has 0 radical (unpaired) electrons. The van der Waals surface area contributed by atoms with Crippen LogP contribution in [0, 0.1) is 10.1 Å². The van der Waals surface area contributed by atoms with Crippen LogP contribution in [0.25, 0.3) is 0 Å². The van der Waals surface area contributed by atoms with Crippen molar-refractivity contribution in [1.82, 2.24) is 39.6 Å². The number of carbonyl (C=O) groups excluding carboxylic acids is 1. The first-order valence-corrected chi connectivity index (χ1v) is 8.33. The zero-order chi connectivity index (χ0) is 18.7. The molecule has 3 aromatic rings. The average Bonchev–Trinajstić information content (AvgIpc) is 3.33. The van der Waals surface area contributed by atoms with Crippen LogP contribution in [-0.2, 0) is 19.8 Å². The van der Waals surface area contributed by atoms with E-state index in [1.807, 2.05) is 6.92 Å². The molecule has 0 aliphatic rings. The van der Waals surface area contributed by atoms with Gasteiger partial charge in [0.2, 0.25) is 6.33 Å². The predicted octanol–water partition coefficient (Wildman–Crippen LogP) is 0.797. The number of aromatic nitrogens is 7. The van der Waals surface area contributed by atoms with Gasteiger partial charge in [-0.3, -0.25) is 9.48 Å². The Bertz CT molecular complexity index is 944. The summed E-state index contributed by atoms with van der Waals surface area (Å²) >= 11 is 3.40. The number of amides is 1. The molecule has 0 saturated heterocycles. The van der Waals surface area contributed by atoms with E-state index in [9.17, 15) is 14.9 Å². The van der Waals surface area contributed by atoms with Gasteiger partial charge in [-0.1, -0.05) is 4.98 Å². The van der Waals surface area contributed by atoms with Crippen LogP contribution in [0.5, 0.6) is 0 Å². The summed E-state index contributed by atoms with van der Waals surface area (Å²) in [7, 11) is 0. The molecule has 0 aliphatic heterocycles. The molecule has 0 unspecified atom stereocenters. The first kappa shape index (κ1) is 17.7. The molecule has 1 amide bonds. The van der Waals surface area contributed by atoms with E-state index in [4.69, 9.17) is 0 Å². The number of nitro groups is 1. The fourth-order valence-corrected chi connectivity index (χ4v) is 2.67. The normalized spacial score (nSPS) is 10.8. The van der Waals surface area contributed by atoms with Gasteiger partial charge in [-0.15, -0.1) is 0 Å². The van der Waals surface area contributed by atoms with E-state index in [1.54, 1.807) is 23.1 Å². The molecule has 0 aliphatic carbocycles. The van der Waals surface area contributed by atoms with Crippen LogP contribution >= 0.6 is 15.9 Å². The SMILES string of the molecule is CCn1ncc(Br)c1CNC(=O)c1ccn(Cn2cnc([N+](=O)[O-])n2)n1. The smallest absolute Gasteiger partial charge is 0.390 e. The number of nitrogens with one attached hydrogen (secondary N) is 1. The Morgan fingerprint density at radius 2 is 2.19 bits per heavy atom. The van der Waals surface area contributed by atoms with Gasteiger partial charge in [-0.2, -0.15) is 14.9 Å².